The van der Waals surface area contributed by atoms with Gasteiger partial charge >= 0.3 is 11.9 Å². The molecular weight excluding hydrogens is 574 g/mol. The van der Waals surface area contributed by atoms with E-state index in [0.29, 0.717) is 12.8 Å². The number of amides is 1. The van der Waals surface area contributed by atoms with Gasteiger partial charge in [-0.1, -0.05) is 174 Å². The lowest BCUT2D eigenvalue weighted by molar-refractivity contribution is -0.147. The summed E-state index contributed by atoms with van der Waals surface area (Å²) in [6.07, 6.45) is 41.0. The first-order valence-electron chi connectivity index (χ1n) is 19.8. The molecule has 0 fully saturated rings. The van der Waals surface area contributed by atoms with E-state index in [4.69, 9.17) is 9.84 Å². The third-order valence-corrected chi connectivity index (χ3v) is 8.92. The number of allylic oxidation sites excluding steroid dienone is 1. The van der Waals surface area contributed by atoms with Crippen molar-refractivity contribution in [3.8, 4) is 0 Å². The molecular formula is C40H75NO5. The molecule has 0 aliphatic carbocycles. The van der Waals surface area contributed by atoms with Gasteiger partial charge in [0.2, 0.25) is 5.91 Å². The Bertz CT molecular complexity index is 722. The molecule has 46 heavy (non-hydrogen) atoms. The van der Waals surface area contributed by atoms with Crippen LogP contribution in [-0.4, -0.2) is 35.6 Å². The van der Waals surface area contributed by atoms with Crippen LogP contribution in [0, 0.1) is 0 Å². The van der Waals surface area contributed by atoms with Crippen LogP contribution in [0.3, 0.4) is 0 Å². The Morgan fingerprint density at radius 2 is 0.978 bits per heavy atom. The molecule has 0 spiro atoms. The first kappa shape index (κ1) is 44.1. The summed E-state index contributed by atoms with van der Waals surface area (Å²) in [7, 11) is 0. The molecule has 6 nitrogen and oxygen atoms in total. The molecule has 0 aromatic carbocycles. The van der Waals surface area contributed by atoms with Crippen molar-refractivity contribution in [2.45, 2.75) is 219 Å². The zero-order valence-corrected chi connectivity index (χ0v) is 30.4. The van der Waals surface area contributed by atoms with Crippen molar-refractivity contribution in [2.24, 2.45) is 0 Å². The molecule has 0 saturated carbocycles. The quantitative estimate of drug-likeness (QED) is 0.0400. The van der Waals surface area contributed by atoms with Crippen LogP contribution in [0.2, 0.25) is 0 Å². The maximum absolute atomic E-state index is 12.5. The molecule has 0 aliphatic heterocycles. The lowest BCUT2D eigenvalue weighted by atomic mass is 10.0. The Labute approximate surface area is 284 Å². The van der Waals surface area contributed by atoms with Gasteiger partial charge in [0.05, 0.1) is 0 Å². The monoisotopic (exact) mass is 650 g/mol. The number of carboxylic acids is 1. The van der Waals surface area contributed by atoms with Crippen molar-refractivity contribution in [1.29, 1.82) is 0 Å². The number of esters is 1. The van der Waals surface area contributed by atoms with E-state index in [1.807, 2.05) is 0 Å². The molecule has 1 atom stereocenters. The largest absolute Gasteiger partial charge is 0.480 e. The van der Waals surface area contributed by atoms with Gasteiger partial charge in [0.25, 0.3) is 0 Å². The fourth-order valence-corrected chi connectivity index (χ4v) is 5.94. The van der Waals surface area contributed by atoms with E-state index in [2.05, 4.69) is 31.3 Å². The maximum Gasteiger partial charge on any atom is 0.322 e. The average molecular weight is 650 g/mol. The summed E-state index contributed by atoms with van der Waals surface area (Å²) in [5.74, 6) is -1.33. The minimum atomic E-state index is -1.03. The Kier molecular flexibility index (Phi) is 34.5. The van der Waals surface area contributed by atoms with E-state index in [1.54, 1.807) is 0 Å². The predicted molar refractivity (Wildman–Crippen MR) is 194 cm³/mol. The fourth-order valence-electron chi connectivity index (χ4n) is 5.94. The van der Waals surface area contributed by atoms with E-state index in [-0.39, 0.29) is 24.5 Å². The highest BCUT2D eigenvalue weighted by atomic mass is 16.5. The number of nitrogens with one attached hydrogen (secondary N) is 1. The maximum atomic E-state index is 12.5. The van der Waals surface area contributed by atoms with Gasteiger partial charge in [-0.3, -0.25) is 14.4 Å². The lowest BCUT2D eigenvalue weighted by Gasteiger charge is -2.15. The number of rotatable bonds is 36. The summed E-state index contributed by atoms with van der Waals surface area (Å²) < 4.78 is 5.83. The van der Waals surface area contributed by atoms with Crippen molar-refractivity contribution in [2.75, 3.05) is 6.54 Å². The van der Waals surface area contributed by atoms with Gasteiger partial charge in [0.1, 0.15) is 12.6 Å². The van der Waals surface area contributed by atoms with Crippen molar-refractivity contribution in [1.82, 2.24) is 5.32 Å². The molecule has 0 rings (SSSR count). The lowest BCUT2D eigenvalue weighted by Crippen LogP contribution is -2.28. The van der Waals surface area contributed by atoms with Gasteiger partial charge in [0, 0.05) is 12.8 Å². The topological polar surface area (TPSA) is 92.7 Å². The number of hydrogen-bond donors (Lipinski definition) is 2. The SMILES string of the molecule is CCCC/C=C\C(CCCCCCC(=O)NCC(=O)O)OC(=O)CCCCCCCCCCCCCCCCCCCCCCC. The third-order valence-electron chi connectivity index (χ3n) is 8.92. The minimum Gasteiger partial charge on any atom is -0.480 e. The molecule has 0 bridgehead atoms. The summed E-state index contributed by atoms with van der Waals surface area (Å²) in [5, 5.41) is 11.0. The normalized spacial score (nSPS) is 12.0. The van der Waals surface area contributed by atoms with Crippen molar-refractivity contribution >= 4 is 17.8 Å². The highest BCUT2D eigenvalue weighted by Crippen LogP contribution is 2.17. The average Bonchev–Trinajstić information content (AvgIpc) is 3.04. The zero-order valence-electron chi connectivity index (χ0n) is 30.4. The third kappa shape index (κ3) is 35.0. The van der Waals surface area contributed by atoms with Gasteiger partial charge in [-0.05, 0) is 38.2 Å². The molecule has 0 aromatic heterocycles. The van der Waals surface area contributed by atoms with E-state index in [9.17, 15) is 14.4 Å². The summed E-state index contributed by atoms with van der Waals surface area (Å²) in [5.41, 5.74) is 0. The summed E-state index contributed by atoms with van der Waals surface area (Å²) in [6.45, 7) is 4.14. The van der Waals surface area contributed by atoms with Gasteiger partial charge in [-0.25, -0.2) is 0 Å². The number of ether oxygens (including phenoxy) is 1. The van der Waals surface area contributed by atoms with Crippen molar-refractivity contribution in [3.63, 3.8) is 0 Å². The van der Waals surface area contributed by atoms with Crippen LogP contribution < -0.4 is 5.32 Å². The van der Waals surface area contributed by atoms with Crippen LogP contribution in [0.15, 0.2) is 12.2 Å². The molecule has 2 N–H and O–H groups in total. The fraction of sp³-hybridized carbons (Fsp3) is 0.875. The van der Waals surface area contributed by atoms with E-state index in [1.165, 1.54) is 122 Å². The van der Waals surface area contributed by atoms with Crippen LogP contribution >= 0.6 is 0 Å². The molecule has 0 radical (unpaired) electrons. The number of carboxylic acid groups (broad SMARTS) is 1. The number of aliphatic carboxylic acids is 1. The number of carbonyl (C=O) groups is 3. The second-order valence-corrected chi connectivity index (χ2v) is 13.5. The van der Waals surface area contributed by atoms with Crippen molar-refractivity contribution in [3.05, 3.63) is 12.2 Å². The van der Waals surface area contributed by atoms with Crippen molar-refractivity contribution < 1.29 is 24.2 Å². The van der Waals surface area contributed by atoms with E-state index < -0.39 is 5.97 Å². The number of carbonyl (C=O) groups excluding carboxylic acids is 2. The Balaban J connectivity index is 3.73. The second kappa shape index (κ2) is 36.0. The Morgan fingerprint density at radius 3 is 1.43 bits per heavy atom. The van der Waals surface area contributed by atoms with Crippen LogP contribution in [0.4, 0.5) is 0 Å². The number of unbranched alkanes of at least 4 members (excludes halogenated alkanes) is 25. The highest BCUT2D eigenvalue weighted by Gasteiger charge is 2.12. The van der Waals surface area contributed by atoms with Crippen LogP contribution in [0.5, 0.6) is 0 Å². The Morgan fingerprint density at radius 1 is 0.565 bits per heavy atom. The second-order valence-electron chi connectivity index (χ2n) is 13.5. The molecule has 0 aromatic rings. The van der Waals surface area contributed by atoms with Gasteiger partial charge < -0.3 is 15.2 Å². The summed E-state index contributed by atoms with van der Waals surface area (Å²) in [4.78, 5) is 34.7. The highest BCUT2D eigenvalue weighted by molar-refractivity contribution is 5.80. The molecule has 270 valence electrons. The first-order valence-corrected chi connectivity index (χ1v) is 19.8. The first-order chi connectivity index (χ1) is 22.5. The van der Waals surface area contributed by atoms with Gasteiger partial charge in [-0.2, -0.15) is 0 Å². The predicted octanol–water partition coefficient (Wildman–Crippen LogP) is 11.8. The summed E-state index contributed by atoms with van der Waals surface area (Å²) in [6, 6.07) is 0. The smallest absolute Gasteiger partial charge is 0.322 e. The van der Waals surface area contributed by atoms with E-state index >= 15 is 0 Å². The molecule has 0 saturated heterocycles. The molecule has 0 heterocycles. The summed E-state index contributed by atoms with van der Waals surface area (Å²) >= 11 is 0. The standard InChI is InChI=1S/C40H75NO5/c1-3-5-7-9-10-11-12-13-14-15-16-17-18-19-20-21-22-23-24-25-31-35-40(45)46-37(32-28-8-6-4-2)33-29-26-27-30-34-38(42)41-36-39(43)44/h28,32,37H,3-27,29-31,33-36H2,1-2H3,(H,41,42)(H,43,44)/b32-28-. The molecule has 1 amide bonds. The van der Waals surface area contributed by atoms with Gasteiger partial charge in [-0.15, -0.1) is 0 Å². The molecule has 1 unspecified atom stereocenters. The van der Waals surface area contributed by atoms with Crippen LogP contribution in [0.1, 0.15) is 213 Å². The zero-order chi connectivity index (χ0) is 33.8. The minimum absolute atomic E-state index is 0.0851. The van der Waals surface area contributed by atoms with Gasteiger partial charge in [0.15, 0.2) is 0 Å². The van der Waals surface area contributed by atoms with Crippen LogP contribution in [-0.2, 0) is 19.1 Å². The molecule has 6 heteroatoms. The number of hydrogen-bond acceptors (Lipinski definition) is 4. The van der Waals surface area contributed by atoms with Crippen LogP contribution in [0.25, 0.3) is 0 Å². The Hall–Kier alpha value is -1.85. The molecule has 0 aliphatic rings. The van der Waals surface area contributed by atoms with E-state index in [0.717, 1.165) is 64.2 Å².